The van der Waals surface area contributed by atoms with Gasteiger partial charge in [0.25, 0.3) is 5.91 Å². The number of aliphatic carboxylic acids is 1. The molecule has 0 spiro atoms. The monoisotopic (exact) mass is 318 g/mol. The number of carboxylic acids is 1. The topological polar surface area (TPSA) is 80.6 Å². The molecule has 2 N–H and O–H groups in total. The molecule has 1 aromatic carbocycles. The Morgan fingerprint density at radius 2 is 2.04 bits per heavy atom. The Balaban J connectivity index is 2.34. The number of para-hydroxylation sites is 1. The number of carboxylic acid groups (broad SMARTS) is 1. The number of carbonyl (C=O) groups excluding carboxylic acids is 1. The van der Waals surface area contributed by atoms with Crippen LogP contribution in [-0.4, -0.2) is 40.8 Å². The molecule has 0 aliphatic carbocycles. The number of aromatic nitrogens is 1. The van der Waals surface area contributed by atoms with E-state index in [4.69, 9.17) is 9.84 Å². The van der Waals surface area contributed by atoms with Gasteiger partial charge in [0.2, 0.25) is 0 Å². The first-order valence-electron chi connectivity index (χ1n) is 7.51. The van der Waals surface area contributed by atoms with Gasteiger partial charge in [-0.2, -0.15) is 0 Å². The standard InChI is InChI=1S/C17H22N2O4/c1-4-19-10-13(12-7-5-6-8-14(12)19)16(22)18-17(2,11-23-3)9-15(20)21/h5-8,10H,4,9,11H2,1-3H3,(H,18,22)(H,20,21). The summed E-state index contributed by atoms with van der Waals surface area (Å²) < 4.78 is 7.07. The van der Waals surface area contributed by atoms with E-state index < -0.39 is 11.5 Å². The Morgan fingerprint density at radius 3 is 2.65 bits per heavy atom. The number of nitrogens with zero attached hydrogens (tertiary/aromatic N) is 1. The number of amides is 1. The second-order valence-electron chi connectivity index (χ2n) is 5.86. The largest absolute Gasteiger partial charge is 0.481 e. The molecule has 1 heterocycles. The van der Waals surface area contributed by atoms with Crippen LogP contribution in [0, 0.1) is 0 Å². The van der Waals surface area contributed by atoms with Gasteiger partial charge in [0.1, 0.15) is 0 Å². The molecular weight excluding hydrogens is 296 g/mol. The summed E-state index contributed by atoms with van der Waals surface area (Å²) in [5.41, 5.74) is 0.551. The number of ether oxygens (including phenoxy) is 1. The van der Waals surface area contributed by atoms with Crippen LogP contribution in [0.4, 0.5) is 0 Å². The first-order valence-corrected chi connectivity index (χ1v) is 7.51. The van der Waals surface area contributed by atoms with Gasteiger partial charge in [-0.15, -0.1) is 0 Å². The maximum atomic E-state index is 12.7. The van der Waals surface area contributed by atoms with Crippen LogP contribution in [0.2, 0.25) is 0 Å². The van der Waals surface area contributed by atoms with E-state index in [-0.39, 0.29) is 18.9 Å². The van der Waals surface area contributed by atoms with Crippen LogP contribution < -0.4 is 5.32 Å². The van der Waals surface area contributed by atoms with E-state index in [1.165, 1.54) is 7.11 Å². The van der Waals surface area contributed by atoms with Crippen molar-refractivity contribution in [3.05, 3.63) is 36.0 Å². The number of hydrogen-bond donors (Lipinski definition) is 2. The van der Waals surface area contributed by atoms with Crippen molar-refractivity contribution < 1.29 is 19.4 Å². The van der Waals surface area contributed by atoms with E-state index in [2.05, 4.69) is 5.32 Å². The summed E-state index contributed by atoms with van der Waals surface area (Å²) in [5.74, 6) is -1.28. The van der Waals surface area contributed by atoms with Crippen LogP contribution in [0.15, 0.2) is 30.5 Å². The van der Waals surface area contributed by atoms with E-state index >= 15 is 0 Å². The molecule has 0 aliphatic heterocycles. The van der Waals surface area contributed by atoms with Crippen LogP contribution in [-0.2, 0) is 16.1 Å². The number of hydrogen-bond acceptors (Lipinski definition) is 3. The average Bonchev–Trinajstić information content (AvgIpc) is 2.85. The third kappa shape index (κ3) is 3.71. The molecule has 1 atom stereocenters. The van der Waals surface area contributed by atoms with Crippen molar-refractivity contribution in [1.82, 2.24) is 9.88 Å². The summed E-state index contributed by atoms with van der Waals surface area (Å²) in [5, 5.41) is 12.7. The second-order valence-corrected chi connectivity index (χ2v) is 5.86. The van der Waals surface area contributed by atoms with E-state index in [9.17, 15) is 9.59 Å². The predicted octanol–water partition coefficient (Wildman–Crippen LogP) is 2.27. The van der Waals surface area contributed by atoms with Crippen molar-refractivity contribution in [2.24, 2.45) is 0 Å². The van der Waals surface area contributed by atoms with Gasteiger partial charge in [-0.25, -0.2) is 0 Å². The second kappa shape index (κ2) is 6.83. The molecule has 23 heavy (non-hydrogen) atoms. The van der Waals surface area contributed by atoms with Crippen molar-refractivity contribution in [3.8, 4) is 0 Å². The van der Waals surface area contributed by atoms with Crippen molar-refractivity contribution in [1.29, 1.82) is 0 Å². The zero-order chi connectivity index (χ0) is 17.0. The molecule has 1 amide bonds. The lowest BCUT2D eigenvalue weighted by atomic mass is 9.98. The van der Waals surface area contributed by atoms with E-state index in [0.29, 0.717) is 5.56 Å². The summed E-state index contributed by atoms with van der Waals surface area (Å²) in [4.78, 5) is 23.7. The molecule has 0 saturated carbocycles. The molecule has 0 bridgehead atoms. The first-order chi connectivity index (χ1) is 10.9. The van der Waals surface area contributed by atoms with Gasteiger partial charge in [-0.3, -0.25) is 9.59 Å². The highest BCUT2D eigenvalue weighted by Gasteiger charge is 2.30. The number of benzene rings is 1. The smallest absolute Gasteiger partial charge is 0.305 e. The Morgan fingerprint density at radius 1 is 1.35 bits per heavy atom. The quantitative estimate of drug-likeness (QED) is 0.820. The highest BCUT2D eigenvalue weighted by atomic mass is 16.5. The van der Waals surface area contributed by atoms with E-state index in [0.717, 1.165) is 17.4 Å². The van der Waals surface area contributed by atoms with Gasteiger partial charge in [0, 0.05) is 30.8 Å². The zero-order valence-corrected chi connectivity index (χ0v) is 13.6. The maximum absolute atomic E-state index is 12.7. The summed E-state index contributed by atoms with van der Waals surface area (Å²) in [6, 6.07) is 7.66. The van der Waals surface area contributed by atoms with Crippen molar-refractivity contribution in [3.63, 3.8) is 0 Å². The van der Waals surface area contributed by atoms with Crippen LogP contribution in [0.3, 0.4) is 0 Å². The van der Waals surface area contributed by atoms with Gasteiger partial charge in [0.15, 0.2) is 0 Å². The Bertz CT molecular complexity index is 722. The van der Waals surface area contributed by atoms with Crippen molar-refractivity contribution in [2.75, 3.05) is 13.7 Å². The third-order valence-electron chi connectivity index (χ3n) is 3.79. The van der Waals surface area contributed by atoms with Gasteiger partial charge >= 0.3 is 5.97 Å². The fourth-order valence-corrected chi connectivity index (χ4v) is 2.81. The zero-order valence-electron chi connectivity index (χ0n) is 13.6. The lowest BCUT2D eigenvalue weighted by Gasteiger charge is -2.28. The van der Waals surface area contributed by atoms with Gasteiger partial charge in [-0.1, -0.05) is 18.2 Å². The van der Waals surface area contributed by atoms with Crippen LogP contribution in [0.25, 0.3) is 10.9 Å². The van der Waals surface area contributed by atoms with Crippen LogP contribution in [0.1, 0.15) is 30.6 Å². The summed E-state index contributed by atoms with van der Waals surface area (Å²) in [6.45, 7) is 4.55. The average molecular weight is 318 g/mol. The fourth-order valence-electron chi connectivity index (χ4n) is 2.81. The molecule has 0 aliphatic rings. The molecule has 6 heteroatoms. The molecular formula is C17H22N2O4. The van der Waals surface area contributed by atoms with Gasteiger partial charge in [-0.05, 0) is 19.9 Å². The summed E-state index contributed by atoms with van der Waals surface area (Å²) in [7, 11) is 1.48. The lowest BCUT2D eigenvalue weighted by molar-refractivity contribution is -0.139. The highest BCUT2D eigenvalue weighted by Crippen LogP contribution is 2.22. The maximum Gasteiger partial charge on any atom is 0.305 e. The van der Waals surface area contributed by atoms with E-state index in [1.54, 1.807) is 13.1 Å². The molecule has 2 aromatic rings. The normalized spacial score (nSPS) is 13.7. The van der Waals surface area contributed by atoms with Crippen molar-refractivity contribution in [2.45, 2.75) is 32.4 Å². The summed E-state index contributed by atoms with van der Waals surface area (Å²) in [6.07, 6.45) is 1.59. The van der Waals surface area contributed by atoms with Gasteiger partial charge in [0.05, 0.1) is 24.1 Å². The molecule has 2 rings (SSSR count). The minimum Gasteiger partial charge on any atom is -0.481 e. The predicted molar refractivity (Wildman–Crippen MR) is 87.6 cm³/mol. The molecule has 124 valence electrons. The number of carbonyl (C=O) groups is 2. The van der Waals surface area contributed by atoms with Crippen LogP contribution >= 0.6 is 0 Å². The number of fused-ring (bicyclic) bond motifs is 1. The number of rotatable bonds is 7. The Hall–Kier alpha value is -2.34. The molecule has 1 aromatic heterocycles. The first kappa shape index (κ1) is 17.0. The molecule has 0 fully saturated rings. The number of methoxy groups -OCH3 is 1. The molecule has 6 nitrogen and oxygen atoms in total. The summed E-state index contributed by atoms with van der Waals surface area (Å²) >= 11 is 0. The third-order valence-corrected chi connectivity index (χ3v) is 3.79. The molecule has 1 unspecified atom stereocenters. The number of aryl methyl sites for hydroxylation is 1. The fraction of sp³-hybridized carbons (Fsp3) is 0.412. The lowest BCUT2D eigenvalue weighted by Crippen LogP contribution is -2.50. The number of nitrogens with one attached hydrogen (secondary N) is 1. The highest BCUT2D eigenvalue weighted by molar-refractivity contribution is 6.07. The SMILES string of the molecule is CCn1cc(C(=O)NC(C)(COC)CC(=O)O)c2ccccc21. The minimum atomic E-state index is -0.985. The molecule has 0 radical (unpaired) electrons. The van der Waals surface area contributed by atoms with Crippen LogP contribution in [0.5, 0.6) is 0 Å². The Kier molecular flexibility index (Phi) is 5.05. The van der Waals surface area contributed by atoms with Gasteiger partial charge < -0.3 is 19.7 Å². The molecule has 0 saturated heterocycles. The minimum absolute atomic E-state index is 0.122. The van der Waals surface area contributed by atoms with E-state index in [1.807, 2.05) is 35.8 Å². The van der Waals surface area contributed by atoms with Crippen molar-refractivity contribution >= 4 is 22.8 Å². The Labute approximate surface area is 135 Å².